The van der Waals surface area contributed by atoms with Crippen LogP contribution in [0.1, 0.15) is 24.0 Å². The van der Waals surface area contributed by atoms with Gasteiger partial charge in [0.1, 0.15) is 0 Å². The van der Waals surface area contributed by atoms with Crippen LogP contribution in [0.5, 0.6) is 0 Å². The van der Waals surface area contributed by atoms with E-state index in [4.69, 9.17) is 21.1 Å². The summed E-state index contributed by atoms with van der Waals surface area (Å²) in [6.45, 7) is 3.46. The molecule has 0 bridgehead atoms. The molecule has 1 rings (SSSR count). The first-order valence-corrected chi connectivity index (χ1v) is 6.85. The lowest BCUT2D eigenvalue weighted by Crippen LogP contribution is -2.39. The molecule has 0 saturated carbocycles. The number of ether oxygens (including phenoxy) is 2. The van der Waals surface area contributed by atoms with Crippen molar-refractivity contribution >= 4 is 17.6 Å². The quantitative estimate of drug-likeness (QED) is 0.439. The lowest BCUT2D eigenvalue weighted by molar-refractivity contribution is -0.515. The van der Waals surface area contributed by atoms with Crippen LogP contribution >= 0.6 is 11.6 Å². The summed E-state index contributed by atoms with van der Waals surface area (Å²) in [6.07, 6.45) is 0. The minimum absolute atomic E-state index is 0.00632. The number of hydrogen-bond donors (Lipinski definition) is 0. The molecule has 0 heterocycles. The fourth-order valence-corrected chi connectivity index (χ4v) is 2.38. The van der Waals surface area contributed by atoms with Crippen molar-refractivity contribution in [1.82, 2.24) is 0 Å². The molecule has 0 spiro atoms. The van der Waals surface area contributed by atoms with Gasteiger partial charge in [-0.3, -0.25) is 10.1 Å². The van der Waals surface area contributed by atoms with Crippen LogP contribution in [0.2, 0.25) is 5.02 Å². The van der Waals surface area contributed by atoms with Gasteiger partial charge in [0, 0.05) is 17.1 Å². The average Bonchev–Trinajstić information content (AvgIpc) is 2.41. The number of benzene rings is 1. The molecule has 0 amide bonds. The van der Waals surface area contributed by atoms with Crippen molar-refractivity contribution in [2.75, 3.05) is 20.3 Å². The molecule has 0 aliphatic rings. The zero-order chi connectivity index (χ0) is 16.0. The second-order valence-electron chi connectivity index (χ2n) is 4.52. The number of carbonyl (C=O) groups is 1. The molecule has 0 aliphatic carbocycles. The van der Waals surface area contributed by atoms with Crippen molar-refractivity contribution in [2.24, 2.45) is 0 Å². The fraction of sp³-hybridized carbons (Fsp3) is 0.500. The number of rotatable bonds is 7. The van der Waals surface area contributed by atoms with Gasteiger partial charge in [-0.05, 0) is 25.0 Å². The van der Waals surface area contributed by atoms with Gasteiger partial charge in [0.25, 0.3) is 0 Å². The topological polar surface area (TPSA) is 78.7 Å². The van der Waals surface area contributed by atoms with Gasteiger partial charge in [0.05, 0.1) is 19.1 Å². The van der Waals surface area contributed by atoms with Crippen molar-refractivity contribution in [3.63, 3.8) is 0 Å². The summed E-state index contributed by atoms with van der Waals surface area (Å²) >= 11 is 6.22. The predicted molar refractivity (Wildman–Crippen MR) is 78.2 cm³/mol. The van der Waals surface area contributed by atoms with Gasteiger partial charge >= 0.3 is 12.0 Å². The Bertz CT molecular complexity index is 520. The van der Waals surface area contributed by atoms with E-state index >= 15 is 0 Å². The Morgan fingerprint density at radius 1 is 1.48 bits per heavy atom. The Morgan fingerprint density at radius 2 is 2.14 bits per heavy atom. The van der Waals surface area contributed by atoms with E-state index in [0.29, 0.717) is 10.6 Å². The number of aryl methyl sites for hydroxylation is 1. The molecule has 116 valence electrons. The summed E-state index contributed by atoms with van der Waals surface area (Å²) in [5.41, 5.74) is 1.29. The summed E-state index contributed by atoms with van der Waals surface area (Å²) in [7, 11) is 1.42. The first-order valence-electron chi connectivity index (χ1n) is 6.48. The molecule has 21 heavy (non-hydrogen) atoms. The lowest BCUT2D eigenvalue weighted by atomic mass is 9.91. The molecule has 7 heteroatoms. The Hall–Kier alpha value is -1.66. The maximum atomic E-state index is 11.9. The molecular weight excluding hydrogens is 298 g/mol. The van der Waals surface area contributed by atoms with E-state index in [2.05, 4.69) is 0 Å². The third-order valence-corrected chi connectivity index (χ3v) is 3.62. The highest BCUT2D eigenvalue weighted by atomic mass is 35.5. The second-order valence-corrected chi connectivity index (χ2v) is 4.90. The zero-order valence-electron chi connectivity index (χ0n) is 12.2. The van der Waals surface area contributed by atoms with E-state index in [9.17, 15) is 14.9 Å². The summed E-state index contributed by atoms with van der Waals surface area (Å²) in [6, 6.07) is 3.64. The number of nitro groups is 1. The van der Waals surface area contributed by atoms with E-state index in [1.807, 2.05) is 0 Å². The first-order chi connectivity index (χ1) is 9.93. The SMILES string of the molecule is CCOC(=O)C(C(COC)c1cccc(C)c1Cl)[N+](=O)[O-]. The van der Waals surface area contributed by atoms with Crippen molar-refractivity contribution in [3.8, 4) is 0 Å². The van der Waals surface area contributed by atoms with Crippen molar-refractivity contribution in [2.45, 2.75) is 25.8 Å². The van der Waals surface area contributed by atoms with Crippen LogP contribution in [0.15, 0.2) is 18.2 Å². The fourth-order valence-electron chi connectivity index (χ4n) is 2.11. The maximum absolute atomic E-state index is 11.9. The molecule has 0 fully saturated rings. The van der Waals surface area contributed by atoms with Gasteiger partial charge in [-0.2, -0.15) is 0 Å². The largest absolute Gasteiger partial charge is 0.461 e. The van der Waals surface area contributed by atoms with Gasteiger partial charge < -0.3 is 9.47 Å². The third-order valence-electron chi connectivity index (χ3n) is 3.10. The van der Waals surface area contributed by atoms with Gasteiger partial charge in [-0.15, -0.1) is 0 Å². The third kappa shape index (κ3) is 4.15. The van der Waals surface area contributed by atoms with Crippen LogP contribution in [-0.2, 0) is 14.3 Å². The van der Waals surface area contributed by atoms with E-state index in [0.717, 1.165) is 5.56 Å². The highest BCUT2D eigenvalue weighted by Gasteiger charge is 2.42. The normalized spacial score (nSPS) is 13.5. The Labute approximate surface area is 128 Å². The summed E-state index contributed by atoms with van der Waals surface area (Å²) in [4.78, 5) is 22.6. The van der Waals surface area contributed by atoms with E-state index in [1.165, 1.54) is 7.11 Å². The first kappa shape index (κ1) is 17.4. The number of esters is 1. The number of methoxy groups -OCH3 is 1. The Balaban J connectivity index is 3.27. The standard InChI is InChI=1S/C14H18ClNO5/c1-4-21-14(17)13(16(18)19)11(8-20-3)10-7-5-6-9(2)12(10)15/h5-7,11,13H,4,8H2,1-3H3. The predicted octanol–water partition coefficient (Wildman–Crippen LogP) is 2.59. The van der Waals surface area contributed by atoms with E-state index < -0.39 is 22.9 Å². The maximum Gasteiger partial charge on any atom is 0.382 e. The second kappa shape index (κ2) is 7.95. The molecule has 2 unspecified atom stereocenters. The van der Waals surface area contributed by atoms with Crippen LogP contribution < -0.4 is 0 Å². The van der Waals surface area contributed by atoms with Crippen molar-refractivity contribution in [3.05, 3.63) is 44.5 Å². The molecule has 0 aliphatic heterocycles. The highest BCUT2D eigenvalue weighted by molar-refractivity contribution is 6.32. The minimum Gasteiger partial charge on any atom is -0.461 e. The molecule has 6 nitrogen and oxygen atoms in total. The highest BCUT2D eigenvalue weighted by Crippen LogP contribution is 2.31. The smallest absolute Gasteiger partial charge is 0.382 e. The number of hydrogen-bond acceptors (Lipinski definition) is 5. The lowest BCUT2D eigenvalue weighted by Gasteiger charge is -2.21. The molecule has 0 N–H and O–H groups in total. The van der Waals surface area contributed by atoms with Gasteiger partial charge in [0.15, 0.2) is 0 Å². The molecule has 1 aromatic rings. The summed E-state index contributed by atoms with van der Waals surface area (Å²) in [5.74, 6) is -1.70. The van der Waals surface area contributed by atoms with Crippen LogP contribution in [0.3, 0.4) is 0 Å². The van der Waals surface area contributed by atoms with E-state index in [-0.39, 0.29) is 13.2 Å². The molecule has 0 radical (unpaired) electrons. The molecule has 0 aromatic heterocycles. The zero-order valence-corrected chi connectivity index (χ0v) is 12.9. The van der Waals surface area contributed by atoms with Gasteiger partial charge in [0.2, 0.25) is 0 Å². The molecule has 1 aromatic carbocycles. The Morgan fingerprint density at radius 3 is 2.67 bits per heavy atom. The molecule has 2 atom stereocenters. The van der Waals surface area contributed by atoms with Gasteiger partial charge in [-0.1, -0.05) is 29.8 Å². The number of carbonyl (C=O) groups excluding carboxylic acids is 1. The van der Waals surface area contributed by atoms with Crippen molar-refractivity contribution in [1.29, 1.82) is 0 Å². The molecular formula is C14H18ClNO5. The number of nitrogens with zero attached hydrogens (tertiary/aromatic N) is 1. The van der Waals surface area contributed by atoms with E-state index in [1.54, 1.807) is 32.0 Å². The van der Waals surface area contributed by atoms with Gasteiger partial charge in [-0.25, -0.2) is 4.79 Å². The van der Waals surface area contributed by atoms with Crippen LogP contribution in [0.25, 0.3) is 0 Å². The Kier molecular flexibility index (Phi) is 6.58. The minimum atomic E-state index is -1.55. The molecule has 0 saturated heterocycles. The average molecular weight is 316 g/mol. The summed E-state index contributed by atoms with van der Waals surface area (Å²) < 4.78 is 9.85. The monoisotopic (exact) mass is 315 g/mol. The van der Waals surface area contributed by atoms with Crippen LogP contribution in [0.4, 0.5) is 0 Å². The number of halogens is 1. The summed E-state index contributed by atoms with van der Waals surface area (Å²) in [5, 5.41) is 11.7. The van der Waals surface area contributed by atoms with Crippen LogP contribution in [0, 0.1) is 17.0 Å². The van der Waals surface area contributed by atoms with Crippen LogP contribution in [-0.4, -0.2) is 37.3 Å². The van der Waals surface area contributed by atoms with Crippen molar-refractivity contribution < 1.29 is 19.2 Å².